The lowest BCUT2D eigenvalue weighted by Gasteiger charge is -2.20. The van der Waals surface area contributed by atoms with Gasteiger partial charge in [-0.3, -0.25) is 10.1 Å². The predicted octanol–water partition coefficient (Wildman–Crippen LogP) is 1.83. The Morgan fingerprint density at radius 3 is 2.56 bits per heavy atom. The van der Waals surface area contributed by atoms with Gasteiger partial charge in [0.2, 0.25) is 5.91 Å². The van der Waals surface area contributed by atoms with E-state index < -0.39 is 0 Å². The Labute approximate surface area is 109 Å². The number of rotatable bonds is 3. The van der Waals surface area contributed by atoms with Crippen LogP contribution in [-0.4, -0.2) is 29.6 Å². The van der Waals surface area contributed by atoms with E-state index in [4.69, 9.17) is 0 Å². The first-order chi connectivity index (χ1) is 8.66. The minimum absolute atomic E-state index is 0.101. The molecule has 1 N–H and O–H groups in total. The maximum absolute atomic E-state index is 12.5. The number of carbonyl (C=O) groups is 1. The van der Waals surface area contributed by atoms with Crippen LogP contribution in [0.2, 0.25) is 0 Å². The van der Waals surface area contributed by atoms with Gasteiger partial charge in [0.05, 0.1) is 12.7 Å². The van der Waals surface area contributed by atoms with Crippen LogP contribution in [-0.2, 0) is 4.79 Å². The van der Waals surface area contributed by atoms with Crippen LogP contribution >= 0.6 is 0 Å². The van der Waals surface area contributed by atoms with Crippen LogP contribution in [0, 0.1) is 29.6 Å². The van der Waals surface area contributed by atoms with Gasteiger partial charge in [-0.15, -0.1) is 0 Å². The van der Waals surface area contributed by atoms with Gasteiger partial charge in [0.15, 0.2) is 0 Å². The van der Waals surface area contributed by atoms with Crippen molar-refractivity contribution in [3.63, 3.8) is 0 Å². The second-order valence-electron chi connectivity index (χ2n) is 7.33. The van der Waals surface area contributed by atoms with Gasteiger partial charge >= 0.3 is 0 Å². The Kier molecular flexibility index (Phi) is 2.33. The van der Waals surface area contributed by atoms with E-state index in [1.807, 2.05) is 0 Å². The monoisotopic (exact) mass is 248 g/mol. The molecule has 4 aliphatic rings. The third-order valence-corrected chi connectivity index (χ3v) is 5.85. The molecule has 100 valence electrons. The SMILES string of the molecule is CC(C)CC1NCN(C2C3C4CCC(C4)C32)C1=O. The molecular weight excluding hydrogens is 224 g/mol. The largest absolute Gasteiger partial charge is 0.325 e. The van der Waals surface area contributed by atoms with Gasteiger partial charge < -0.3 is 4.90 Å². The van der Waals surface area contributed by atoms with Gasteiger partial charge in [0.1, 0.15) is 0 Å². The molecule has 0 radical (unpaired) electrons. The first-order valence-electron chi connectivity index (χ1n) is 7.70. The van der Waals surface area contributed by atoms with Crippen molar-refractivity contribution < 1.29 is 4.79 Å². The summed E-state index contributed by atoms with van der Waals surface area (Å²) >= 11 is 0. The highest BCUT2D eigenvalue weighted by Gasteiger charge is 2.68. The lowest BCUT2D eigenvalue weighted by atomic mass is 10.0. The highest BCUT2D eigenvalue weighted by molar-refractivity contribution is 5.84. The quantitative estimate of drug-likeness (QED) is 0.826. The smallest absolute Gasteiger partial charge is 0.241 e. The van der Waals surface area contributed by atoms with Crippen molar-refractivity contribution in [2.45, 2.75) is 51.6 Å². The number of carbonyl (C=O) groups excluding carboxylic acids is 1. The van der Waals surface area contributed by atoms with Crippen molar-refractivity contribution in [3.05, 3.63) is 0 Å². The molecule has 3 nitrogen and oxygen atoms in total. The lowest BCUT2D eigenvalue weighted by Crippen LogP contribution is -2.35. The third kappa shape index (κ3) is 1.43. The molecule has 1 saturated heterocycles. The molecule has 5 atom stereocenters. The second-order valence-corrected chi connectivity index (χ2v) is 7.33. The minimum atomic E-state index is 0.101. The van der Waals surface area contributed by atoms with Crippen molar-refractivity contribution >= 4 is 5.91 Å². The third-order valence-electron chi connectivity index (χ3n) is 5.85. The van der Waals surface area contributed by atoms with Crippen molar-refractivity contribution in [1.82, 2.24) is 10.2 Å². The summed E-state index contributed by atoms with van der Waals surface area (Å²) in [6, 6.07) is 0.720. The Morgan fingerprint density at radius 1 is 1.28 bits per heavy atom. The summed E-state index contributed by atoms with van der Waals surface area (Å²) in [7, 11) is 0. The molecular formula is C15H24N2O. The van der Waals surface area contributed by atoms with E-state index in [9.17, 15) is 4.79 Å². The zero-order valence-electron chi connectivity index (χ0n) is 11.4. The number of amides is 1. The Hall–Kier alpha value is -0.570. The Bertz CT molecular complexity index is 365. The molecule has 3 heteroatoms. The fourth-order valence-electron chi connectivity index (χ4n) is 5.18. The Morgan fingerprint density at radius 2 is 1.94 bits per heavy atom. The molecule has 4 rings (SSSR count). The highest BCUT2D eigenvalue weighted by Crippen LogP contribution is 2.67. The summed E-state index contributed by atoms with van der Waals surface area (Å²) in [5, 5.41) is 3.42. The normalized spacial score (nSPS) is 49.3. The van der Waals surface area contributed by atoms with Crippen molar-refractivity contribution in [1.29, 1.82) is 0 Å². The number of hydrogen-bond donors (Lipinski definition) is 1. The molecule has 3 aliphatic carbocycles. The van der Waals surface area contributed by atoms with Crippen LogP contribution in [0.5, 0.6) is 0 Å². The summed E-state index contributed by atoms with van der Waals surface area (Å²) in [5.41, 5.74) is 0. The molecule has 1 amide bonds. The van der Waals surface area contributed by atoms with Gasteiger partial charge in [0, 0.05) is 6.04 Å². The fourth-order valence-corrected chi connectivity index (χ4v) is 5.18. The minimum Gasteiger partial charge on any atom is -0.325 e. The van der Waals surface area contributed by atoms with E-state index in [2.05, 4.69) is 24.1 Å². The number of hydrogen-bond acceptors (Lipinski definition) is 2. The van der Waals surface area contributed by atoms with Crippen LogP contribution in [0.3, 0.4) is 0 Å². The number of fused-ring (bicyclic) bond motifs is 5. The summed E-state index contributed by atoms with van der Waals surface area (Å²) in [5.74, 6) is 4.67. The average molecular weight is 248 g/mol. The van der Waals surface area contributed by atoms with Crippen LogP contribution in [0.15, 0.2) is 0 Å². The standard InChI is InChI=1S/C15H24N2O/c1-8(2)5-11-15(18)17(7-16-11)14-12-9-3-4-10(6-9)13(12)14/h8-14,16H,3-7H2,1-2H3. The fraction of sp³-hybridized carbons (Fsp3) is 0.933. The number of nitrogens with zero attached hydrogens (tertiary/aromatic N) is 1. The zero-order valence-corrected chi connectivity index (χ0v) is 11.4. The van der Waals surface area contributed by atoms with Crippen molar-refractivity contribution in [2.75, 3.05) is 6.67 Å². The molecule has 0 aromatic carbocycles. The molecule has 1 aliphatic heterocycles. The molecule has 18 heavy (non-hydrogen) atoms. The molecule has 0 aromatic rings. The second kappa shape index (κ2) is 3.72. The van der Waals surface area contributed by atoms with Crippen LogP contribution in [0.4, 0.5) is 0 Å². The molecule has 3 saturated carbocycles. The van der Waals surface area contributed by atoms with Gasteiger partial charge in [-0.25, -0.2) is 0 Å². The topological polar surface area (TPSA) is 32.3 Å². The molecule has 4 fully saturated rings. The van der Waals surface area contributed by atoms with Crippen molar-refractivity contribution in [3.8, 4) is 0 Å². The highest BCUT2D eigenvalue weighted by atomic mass is 16.2. The van der Waals surface area contributed by atoms with Crippen LogP contribution in [0.25, 0.3) is 0 Å². The molecule has 5 unspecified atom stereocenters. The van der Waals surface area contributed by atoms with E-state index in [1.54, 1.807) is 0 Å². The van der Waals surface area contributed by atoms with E-state index in [0.29, 0.717) is 17.9 Å². The maximum atomic E-state index is 12.5. The number of nitrogens with one attached hydrogen (secondary N) is 1. The lowest BCUT2D eigenvalue weighted by molar-refractivity contribution is -0.130. The predicted molar refractivity (Wildman–Crippen MR) is 69.7 cm³/mol. The zero-order chi connectivity index (χ0) is 12.4. The van der Waals surface area contributed by atoms with Gasteiger partial charge in [-0.2, -0.15) is 0 Å². The summed E-state index contributed by atoms with van der Waals surface area (Å²) in [6.07, 6.45) is 5.33. The average Bonchev–Trinajstić information content (AvgIpc) is 2.66. The summed E-state index contributed by atoms with van der Waals surface area (Å²) < 4.78 is 0. The van der Waals surface area contributed by atoms with Gasteiger partial charge in [-0.1, -0.05) is 13.8 Å². The van der Waals surface area contributed by atoms with E-state index in [0.717, 1.165) is 36.8 Å². The Balaban J connectivity index is 1.44. The summed E-state index contributed by atoms with van der Waals surface area (Å²) in [4.78, 5) is 14.6. The summed E-state index contributed by atoms with van der Waals surface area (Å²) in [6.45, 7) is 5.21. The van der Waals surface area contributed by atoms with Gasteiger partial charge in [0.25, 0.3) is 0 Å². The molecule has 1 heterocycles. The van der Waals surface area contributed by atoms with Crippen LogP contribution < -0.4 is 5.32 Å². The maximum Gasteiger partial charge on any atom is 0.241 e. The first kappa shape index (κ1) is 11.3. The van der Waals surface area contributed by atoms with E-state index in [1.165, 1.54) is 19.3 Å². The first-order valence-corrected chi connectivity index (χ1v) is 7.70. The molecule has 0 spiro atoms. The van der Waals surface area contributed by atoms with Crippen LogP contribution in [0.1, 0.15) is 39.5 Å². The van der Waals surface area contributed by atoms with E-state index >= 15 is 0 Å². The van der Waals surface area contributed by atoms with Crippen molar-refractivity contribution in [2.24, 2.45) is 29.6 Å². The molecule has 2 bridgehead atoms. The molecule has 0 aromatic heterocycles. The van der Waals surface area contributed by atoms with Gasteiger partial charge in [-0.05, 0) is 55.3 Å². The van der Waals surface area contributed by atoms with E-state index in [-0.39, 0.29) is 6.04 Å².